The van der Waals surface area contributed by atoms with Crippen molar-refractivity contribution < 1.29 is 13.2 Å². The Labute approximate surface area is 116 Å². The van der Waals surface area contributed by atoms with Gasteiger partial charge < -0.3 is 10.6 Å². The molecular weight excluding hydrogens is 277 g/mol. The molecule has 6 heteroatoms. The van der Waals surface area contributed by atoms with Gasteiger partial charge in [-0.1, -0.05) is 17.7 Å². The Bertz CT molecular complexity index is 419. The third kappa shape index (κ3) is 5.28. The molecule has 0 aliphatic rings. The van der Waals surface area contributed by atoms with E-state index in [1.165, 1.54) is 4.90 Å². The molecule has 1 aromatic rings. The lowest BCUT2D eigenvalue weighted by Crippen LogP contribution is -2.34. The largest absolute Gasteiger partial charge is 0.405 e. The van der Waals surface area contributed by atoms with E-state index in [1.807, 2.05) is 6.92 Å². The Kier molecular flexibility index (Phi) is 5.50. The van der Waals surface area contributed by atoms with Crippen molar-refractivity contribution in [2.24, 2.45) is 5.73 Å². The first-order valence-electron chi connectivity index (χ1n) is 6.08. The number of benzene rings is 1. The Balaban J connectivity index is 2.91. The minimum Gasteiger partial charge on any atom is -0.363 e. The number of alkyl halides is 3. The van der Waals surface area contributed by atoms with Gasteiger partial charge in [0.05, 0.1) is 0 Å². The minimum absolute atomic E-state index is 0.0409. The summed E-state index contributed by atoms with van der Waals surface area (Å²) in [6.07, 6.45) is -3.63. The third-order valence-corrected chi connectivity index (χ3v) is 3.05. The third-order valence-electron chi connectivity index (χ3n) is 2.70. The summed E-state index contributed by atoms with van der Waals surface area (Å²) in [5, 5.41) is 0.454. The summed E-state index contributed by atoms with van der Waals surface area (Å²) in [6, 6.07) is 4.91. The van der Waals surface area contributed by atoms with Gasteiger partial charge in [0.2, 0.25) is 0 Å². The standard InChI is InChI=1S/C13H18ClF3N2/c1-3-19(8-13(15,16)17)11-5-4-10(6-9(2)18)12(14)7-11/h4-5,7,9H,3,6,8,18H2,1-2H3. The lowest BCUT2D eigenvalue weighted by molar-refractivity contribution is -0.119. The summed E-state index contributed by atoms with van der Waals surface area (Å²) in [5.41, 5.74) is 7.00. The maximum absolute atomic E-state index is 12.4. The van der Waals surface area contributed by atoms with Crippen molar-refractivity contribution in [1.29, 1.82) is 0 Å². The van der Waals surface area contributed by atoms with Crippen molar-refractivity contribution in [3.05, 3.63) is 28.8 Å². The zero-order chi connectivity index (χ0) is 14.6. The molecule has 1 atom stereocenters. The summed E-state index contributed by atoms with van der Waals surface area (Å²) in [6.45, 7) is 2.82. The van der Waals surface area contributed by atoms with Crippen LogP contribution in [-0.4, -0.2) is 25.3 Å². The molecule has 0 fully saturated rings. The smallest absolute Gasteiger partial charge is 0.363 e. The highest BCUT2D eigenvalue weighted by Crippen LogP contribution is 2.27. The van der Waals surface area contributed by atoms with Crippen LogP contribution < -0.4 is 10.6 Å². The van der Waals surface area contributed by atoms with Crippen LogP contribution >= 0.6 is 11.6 Å². The van der Waals surface area contributed by atoms with Gasteiger partial charge in [-0.2, -0.15) is 13.2 Å². The molecule has 0 aliphatic heterocycles. The number of hydrogen-bond acceptors (Lipinski definition) is 2. The number of rotatable bonds is 5. The van der Waals surface area contributed by atoms with Crippen LogP contribution in [0, 0.1) is 0 Å². The van der Waals surface area contributed by atoms with Crippen molar-refractivity contribution in [2.45, 2.75) is 32.5 Å². The summed E-state index contributed by atoms with van der Waals surface area (Å²) in [5.74, 6) is 0. The fraction of sp³-hybridized carbons (Fsp3) is 0.538. The first kappa shape index (κ1) is 16.1. The van der Waals surface area contributed by atoms with Crippen LogP contribution in [0.3, 0.4) is 0 Å². The van der Waals surface area contributed by atoms with Gasteiger partial charge >= 0.3 is 6.18 Å². The van der Waals surface area contributed by atoms with Gasteiger partial charge in [-0.25, -0.2) is 0 Å². The molecule has 0 aliphatic carbocycles. The van der Waals surface area contributed by atoms with E-state index in [-0.39, 0.29) is 12.6 Å². The molecule has 2 N–H and O–H groups in total. The Morgan fingerprint density at radius 1 is 1.37 bits per heavy atom. The van der Waals surface area contributed by atoms with Crippen LogP contribution in [0.25, 0.3) is 0 Å². The molecule has 0 amide bonds. The van der Waals surface area contributed by atoms with E-state index < -0.39 is 12.7 Å². The Morgan fingerprint density at radius 3 is 2.42 bits per heavy atom. The van der Waals surface area contributed by atoms with Gasteiger partial charge in [0.1, 0.15) is 6.54 Å². The second-order valence-corrected chi connectivity index (χ2v) is 4.99. The number of hydrogen-bond donors (Lipinski definition) is 1. The van der Waals surface area contributed by atoms with Crippen molar-refractivity contribution >= 4 is 17.3 Å². The van der Waals surface area contributed by atoms with E-state index in [2.05, 4.69) is 0 Å². The van der Waals surface area contributed by atoms with E-state index in [0.29, 0.717) is 17.1 Å². The quantitative estimate of drug-likeness (QED) is 0.899. The maximum atomic E-state index is 12.4. The molecule has 0 bridgehead atoms. The average Bonchev–Trinajstić information content (AvgIpc) is 2.27. The molecule has 0 spiro atoms. The van der Waals surface area contributed by atoms with Gasteiger partial charge in [0.25, 0.3) is 0 Å². The molecule has 0 aromatic heterocycles. The van der Waals surface area contributed by atoms with Gasteiger partial charge in [-0.05, 0) is 38.0 Å². The zero-order valence-electron chi connectivity index (χ0n) is 11.0. The lowest BCUT2D eigenvalue weighted by atomic mass is 10.1. The van der Waals surface area contributed by atoms with Crippen molar-refractivity contribution in [3.8, 4) is 0 Å². The monoisotopic (exact) mass is 294 g/mol. The van der Waals surface area contributed by atoms with E-state index in [4.69, 9.17) is 17.3 Å². The molecule has 0 saturated heterocycles. The fourth-order valence-corrected chi connectivity index (χ4v) is 2.10. The number of halogens is 4. The SMILES string of the molecule is CCN(CC(F)(F)F)c1ccc(CC(C)N)c(Cl)c1. The predicted octanol–water partition coefficient (Wildman–Crippen LogP) is 3.62. The van der Waals surface area contributed by atoms with Crippen molar-refractivity contribution in [2.75, 3.05) is 18.0 Å². The molecule has 108 valence electrons. The van der Waals surface area contributed by atoms with E-state index in [1.54, 1.807) is 25.1 Å². The minimum atomic E-state index is -4.23. The summed E-state index contributed by atoms with van der Waals surface area (Å²) >= 11 is 6.08. The summed E-state index contributed by atoms with van der Waals surface area (Å²) < 4.78 is 37.3. The maximum Gasteiger partial charge on any atom is 0.405 e. The van der Waals surface area contributed by atoms with Gasteiger partial charge in [0.15, 0.2) is 0 Å². The van der Waals surface area contributed by atoms with Crippen LogP contribution in [0.1, 0.15) is 19.4 Å². The van der Waals surface area contributed by atoms with Gasteiger partial charge in [-0.3, -0.25) is 0 Å². The molecule has 1 aromatic carbocycles. The van der Waals surface area contributed by atoms with Crippen LogP contribution in [0.4, 0.5) is 18.9 Å². The van der Waals surface area contributed by atoms with Crippen LogP contribution in [0.5, 0.6) is 0 Å². The van der Waals surface area contributed by atoms with E-state index in [0.717, 1.165) is 5.56 Å². The second kappa shape index (κ2) is 6.48. The van der Waals surface area contributed by atoms with Crippen molar-refractivity contribution in [1.82, 2.24) is 0 Å². The first-order chi connectivity index (χ1) is 8.73. The molecule has 1 unspecified atom stereocenters. The average molecular weight is 295 g/mol. The van der Waals surface area contributed by atoms with E-state index >= 15 is 0 Å². The molecule has 2 nitrogen and oxygen atoms in total. The Hall–Kier alpha value is -0.940. The molecule has 1 rings (SSSR count). The molecular formula is C13H18ClF3N2. The highest BCUT2D eigenvalue weighted by molar-refractivity contribution is 6.31. The highest BCUT2D eigenvalue weighted by Gasteiger charge is 2.30. The van der Waals surface area contributed by atoms with Crippen molar-refractivity contribution in [3.63, 3.8) is 0 Å². The first-order valence-corrected chi connectivity index (χ1v) is 6.46. The highest BCUT2D eigenvalue weighted by atomic mass is 35.5. The van der Waals surface area contributed by atoms with Gasteiger partial charge in [0, 0.05) is 23.3 Å². The lowest BCUT2D eigenvalue weighted by Gasteiger charge is -2.25. The summed E-state index contributed by atoms with van der Waals surface area (Å²) in [4.78, 5) is 1.24. The molecule has 0 saturated carbocycles. The topological polar surface area (TPSA) is 29.3 Å². The summed E-state index contributed by atoms with van der Waals surface area (Å²) in [7, 11) is 0. The zero-order valence-corrected chi connectivity index (χ0v) is 11.7. The van der Waals surface area contributed by atoms with Crippen LogP contribution in [-0.2, 0) is 6.42 Å². The number of nitrogens with zero attached hydrogens (tertiary/aromatic N) is 1. The van der Waals surface area contributed by atoms with E-state index in [9.17, 15) is 13.2 Å². The second-order valence-electron chi connectivity index (χ2n) is 4.59. The van der Waals surface area contributed by atoms with Crippen LogP contribution in [0.2, 0.25) is 5.02 Å². The fourth-order valence-electron chi connectivity index (χ4n) is 1.85. The van der Waals surface area contributed by atoms with Crippen LogP contribution in [0.15, 0.2) is 18.2 Å². The molecule has 19 heavy (non-hydrogen) atoms. The van der Waals surface area contributed by atoms with Gasteiger partial charge in [-0.15, -0.1) is 0 Å². The molecule has 0 heterocycles. The number of nitrogens with two attached hydrogens (primary N) is 1. The number of anilines is 1. The Morgan fingerprint density at radius 2 is 2.00 bits per heavy atom. The molecule has 0 radical (unpaired) electrons. The predicted molar refractivity (Wildman–Crippen MR) is 72.7 cm³/mol. The normalized spacial score (nSPS) is 13.4.